The lowest BCUT2D eigenvalue weighted by Crippen LogP contribution is -2.11. The quantitative estimate of drug-likeness (QED) is 0.126. The zero-order valence-corrected chi connectivity index (χ0v) is 50.5. The molecule has 18 aromatic rings. The van der Waals surface area contributed by atoms with Crippen molar-refractivity contribution in [3.63, 3.8) is 0 Å². The third-order valence-corrected chi connectivity index (χ3v) is 19.9. The lowest BCUT2D eigenvalue weighted by molar-refractivity contribution is 1.29. The first-order chi connectivity index (χ1) is 45.1. The molecule has 91 heavy (non-hydrogen) atoms. The molecule has 1 heterocycles. The number of hydrogen-bond donors (Lipinski definition) is 0. The van der Waals surface area contributed by atoms with Crippen molar-refractivity contribution in [1.29, 1.82) is 0 Å². The van der Waals surface area contributed by atoms with Crippen LogP contribution in [0, 0.1) is 0 Å². The van der Waals surface area contributed by atoms with Crippen molar-refractivity contribution in [2.75, 3.05) is 9.80 Å². The molecule has 0 spiro atoms. The van der Waals surface area contributed by atoms with Gasteiger partial charge in [0, 0.05) is 54.0 Å². The van der Waals surface area contributed by atoms with E-state index in [0.717, 1.165) is 45.3 Å². The van der Waals surface area contributed by atoms with Gasteiger partial charge in [0.1, 0.15) is 0 Å². The first kappa shape index (κ1) is 52.5. The number of fused-ring (bicyclic) bond motifs is 14. The number of anilines is 6. The van der Waals surface area contributed by atoms with Gasteiger partial charge in [-0.15, -0.1) is 11.3 Å². The van der Waals surface area contributed by atoms with Crippen molar-refractivity contribution < 1.29 is 0 Å². The average Bonchev–Trinajstić information content (AvgIpc) is 1.72. The van der Waals surface area contributed by atoms with Gasteiger partial charge in [-0.2, -0.15) is 0 Å². The Morgan fingerprint density at radius 3 is 1.27 bits per heavy atom. The third-order valence-electron chi connectivity index (χ3n) is 18.7. The van der Waals surface area contributed by atoms with Gasteiger partial charge in [-0.05, 0) is 206 Å². The van der Waals surface area contributed by atoms with Crippen LogP contribution in [0.2, 0.25) is 0 Å². The Hall–Kier alpha value is -11.6. The summed E-state index contributed by atoms with van der Waals surface area (Å²) in [6, 6.07) is 126. The van der Waals surface area contributed by atoms with Gasteiger partial charge in [-0.25, -0.2) is 0 Å². The van der Waals surface area contributed by atoms with Crippen LogP contribution in [0.5, 0.6) is 0 Å². The minimum Gasteiger partial charge on any atom is -0.310 e. The van der Waals surface area contributed by atoms with Gasteiger partial charge in [-0.3, -0.25) is 0 Å². The summed E-state index contributed by atoms with van der Waals surface area (Å²) in [6.45, 7) is 0. The molecular weight excluding hydrogens is 1120 g/mol. The Labute approximate surface area is 531 Å². The van der Waals surface area contributed by atoms with Crippen LogP contribution in [-0.4, -0.2) is 0 Å². The van der Waals surface area contributed by atoms with Gasteiger partial charge in [-0.1, -0.05) is 249 Å². The van der Waals surface area contributed by atoms with Crippen molar-refractivity contribution in [1.82, 2.24) is 0 Å². The largest absolute Gasteiger partial charge is 0.310 e. The number of rotatable bonds is 10. The maximum atomic E-state index is 2.47. The molecule has 18 rings (SSSR count). The molecule has 0 bridgehead atoms. The summed E-state index contributed by atoms with van der Waals surface area (Å²) in [7, 11) is 0. The summed E-state index contributed by atoms with van der Waals surface area (Å²) in [5.74, 6) is 0. The van der Waals surface area contributed by atoms with Crippen LogP contribution in [0.3, 0.4) is 0 Å². The molecule has 0 amide bonds. The normalized spacial score (nSPS) is 11.7. The molecule has 0 atom stereocenters. The van der Waals surface area contributed by atoms with E-state index in [2.05, 4.69) is 350 Å². The van der Waals surface area contributed by atoms with Crippen molar-refractivity contribution in [3.05, 3.63) is 340 Å². The predicted molar refractivity (Wildman–Crippen MR) is 393 cm³/mol. The van der Waals surface area contributed by atoms with Crippen LogP contribution in [0.4, 0.5) is 34.1 Å². The second kappa shape index (κ2) is 21.6. The molecule has 3 heteroatoms. The molecule has 0 fully saturated rings. The van der Waals surface area contributed by atoms with Gasteiger partial charge in [0.25, 0.3) is 0 Å². The van der Waals surface area contributed by atoms with Gasteiger partial charge in [0.15, 0.2) is 0 Å². The Bertz CT molecular complexity index is 5900. The third kappa shape index (κ3) is 9.08. The Morgan fingerprint density at radius 1 is 0.198 bits per heavy atom. The topological polar surface area (TPSA) is 6.48 Å². The van der Waals surface area contributed by atoms with E-state index >= 15 is 0 Å². The summed E-state index contributed by atoms with van der Waals surface area (Å²) < 4.78 is 2.64. The highest BCUT2D eigenvalue weighted by Crippen LogP contribution is 2.48. The van der Waals surface area contributed by atoms with E-state index in [1.807, 2.05) is 11.3 Å². The summed E-state index contributed by atoms with van der Waals surface area (Å²) in [5.41, 5.74) is 16.0. The average molecular weight is 1170 g/mol. The molecule has 0 aliphatic carbocycles. The SMILES string of the molecule is c1ccc(-c2ccc3c(ccc4cc(N(c5ccc(-c6ccc7c(ccc8ccccc87)c6)cc5)c5cccc(-c6cccc(N(c7ccc(-c8cc9ccccc9c9sc%10ccccc%10c89)cc7)c7cc8ccccc8c8ccccc78)c6)c5)ccc43)c2)cc1. The zero-order valence-electron chi connectivity index (χ0n) is 49.6. The Kier molecular flexibility index (Phi) is 12.5. The molecule has 0 aliphatic rings. The second-order valence-electron chi connectivity index (χ2n) is 24.0. The van der Waals surface area contributed by atoms with Gasteiger partial charge < -0.3 is 9.80 Å². The summed E-state index contributed by atoms with van der Waals surface area (Å²) in [4.78, 5) is 4.89. The predicted octanol–water partition coefficient (Wildman–Crippen LogP) is 25.7. The highest BCUT2D eigenvalue weighted by molar-refractivity contribution is 7.26. The van der Waals surface area contributed by atoms with Crippen LogP contribution in [0.1, 0.15) is 0 Å². The zero-order chi connectivity index (χ0) is 59.9. The fourth-order valence-corrected chi connectivity index (χ4v) is 15.6. The fraction of sp³-hybridized carbons (Fsp3) is 0. The van der Waals surface area contributed by atoms with Crippen LogP contribution in [0.15, 0.2) is 340 Å². The standard InChI is InChI=1S/C88H56N2S/c1-2-16-57(17-3-1)63-40-48-78-68(50-63)34-35-69-54-74(46-49-79(69)78)89(70-42-36-58(37-43-70)64-41-47-77-67(51-64)33-32-59-18-4-7-25-75(59)77)72-23-14-21-61(52-72)62-22-15-24-73(53-62)90(85-56-66-20-5-8-26-76(66)81-28-10-11-29-82(81)85)71-44-38-60(39-45-71)84-55-65-19-6-9-27-80(65)88-87(84)83-30-12-13-31-86(83)91-88/h1-56H. The maximum Gasteiger partial charge on any atom is 0.0546 e. The van der Waals surface area contributed by atoms with E-state index in [0.29, 0.717) is 0 Å². The first-order valence-corrected chi connectivity index (χ1v) is 32.1. The molecule has 1 aromatic heterocycles. The second-order valence-corrected chi connectivity index (χ2v) is 25.0. The Balaban J connectivity index is 0.762. The van der Waals surface area contributed by atoms with Gasteiger partial charge >= 0.3 is 0 Å². The molecular formula is C88H56N2S. The van der Waals surface area contributed by atoms with Gasteiger partial charge in [0.2, 0.25) is 0 Å². The molecule has 17 aromatic carbocycles. The molecule has 0 saturated heterocycles. The lowest BCUT2D eigenvalue weighted by Gasteiger charge is -2.28. The number of thiophene rings is 1. The van der Waals surface area contributed by atoms with E-state index in [1.54, 1.807) is 0 Å². The Morgan fingerprint density at radius 2 is 0.604 bits per heavy atom. The smallest absolute Gasteiger partial charge is 0.0546 e. The molecule has 0 unspecified atom stereocenters. The molecule has 424 valence electrons. The van der Waals surface area contributed by atoms with Crippen LogP contribution >= 0.6 is 11.3 Å². The van der Waals surface area contributed by atoms with Crippen molar-refractivity contribution in [2.45, 2.75) is 0 Å². The fourth-order valence-electron chi connectivity index (χ4n) is 14.3. The van der Waals surface area contributed by atoms with E-state index < -0.39 is 0 Å². The first-order valence-electron chi connectivity index (χ1n) is 31.3. The van der Waals surface area contributed by atoms with Crippen LogP contribution in [0.25, 0.3) is 140 Å². The molecule has 0 N–H and O–H groups in total. The van der Waals surface area contributed by atoms with Crippen LogP contribution in [-0.2, 0) is 0 Å². The molecule has 0 aliphatic heterocycles. The molecule has 0 radical (unpaired) electrons. The minimum absolute atomic E-state index is 1.06. The highest BCUT2D eigenvalue weighted by atomic mass is 32.1. The van der Waals surface area contributed by atoms with E-state index in [1.165, 1.54) is 129 Å². The minimum atomic E-state index is 1.06. The molecule has 0 saturated carbocycles. The summed E-state index contributed by atoms with van der Waals surface area (Å²) >= 11 is 1.89. The number of hydrogen-bond acceptors (Lipinski definition) is 3. The maximum absolute atomic E-state index is 2.47. The van der Waals surface area contributed by atoms with Crippen molar-refractivity contribution in [3.8, 4) is 44.5 Å². The highest BCUT2D eigenvalue weighted by Gasteiger charge is 2.22. The van der Waals surface area contributed by atoms with E-state index in [9.17, 15) is 0 Å². The monoisotopic (exact) mass is 1170 g/mol. The van der Waals surface area contributed by atoms with Crippen molar-refractivity contribution >= 4 is 141 Å². The van der Waals surface area contributed by atoms with Crippen LogP contribution < -0.4 is 9.80 Å². The lowest BCUT2D eigenvalue weighted by atomic mass is 9.95. The summed E-state index contributed by atoms with van der Waals surface area (Å²) in [6.07, 6.45) is 0. The van der Waals surface area contributed by atoms with E-state index in [4.69, 9.17) is 0 Å². The number of benzene rings is 17. The van der Waals surface area contributed by atoms with Crippen molar-refractivity contribution in [2.24, 2.45) is 0 Å². The summed E-state index contributed by atoms with van der Waals surface area (Å²) in [5, 5.41) is 19.9. The number of nitrogens with zero attached hydrogens (tertiary/aromatic N) is 2. The van der Waals surface area contributed by atoms with E-state index in [-0.39, 0.29) is 0 Å². The van der Waals surface area contributed by atoms with Gasteiger partial charge in [0.05, 0.1) is 5.69 Å². The molecule has 2 nitrogen and oxygen atoms in total.